The molecule has 0 aromatic heterocycles. The van der Waals surface area contributed by atoms with Gasteiger partial charge < -0.3 is 11.1 Å². The molecule has 0 unspecified atom stereocenters. The molecule has 0 bridgehead atoms. The Morgan fingerprint density at radius 1 is 0.773 bits per heavy atom. The molecule has 2 nitrogen and oxygen atoms in total. The van der Waals surface area contributed by atoms with Crippen LogP contribution in [0, 0.1) is 6.92 Å². The lowest BCUT2D eigenvalue weighted by atomic mass is 10.2. The third-order valence-electron chi connectivity index (χ3n) is 3.02. The van der Waals surface area contributed by atoms with Crippen LogP contribution in [-0.4, -0.2) is 0 Å². The van der Waals surface area contributed by atoms with E-state index >= 15 is 0 Å². The van der Waals surface area contributed by atoms with Gasteiger partial charge in [-0.3, -0.25) is 0 Å². The van der Waals surface area contributed by atoms with Gasteiger partial charge in [-0.2, -0.15) is 0 Å². The monoisotopic (exact) mass is 354 g/mol. The van der Waals surface area contributed by atoms with Crippen LogP contribution in [0.25, 0.3) is 0 Å². The van der Waals surface area contributed by atoms with Gasteiger partial charge >= 0.3 is 0 Å². The molecule has 3 rings (SSSR count). The first kappa shape index (κ1) is 16.1. The highest BCUT2D eigenvalue weighted by atomic mass is 79.9. The van der Waals surface area contributed by atoms with Crippen molar-refractivity contribution in [1.29, 1.82) is 0 Å². The lowest BCUT2D eigenvalue weighted by Crippen LogP contribution is -1.94. The predicted molar refractivity (Wildman–Crippen MR) is 99.5 cm³/mol. The minimum absolute atomic E-state index is 0.761. The zero-order valence-corrected chi connectivity index (χ0v) is 14.0. The molecule has 0 aliphatic carbocycles. The molecule has 0 aliphatic rings. The van der Waals surface area contributed by atoms with Crippen LogP contribution in [0.4, 0.5) is 17.1 Å². The maximum atomic E-state index is 5.81. The molecule has 3 N–H and O–H groups in total. The number of halogens is 1. The van der Waals surface area contributed by atoms with Crippen molar-refractivity contribution in [2.75, 3.05) is 11.1 Å². The Hall–Kier alpha value is -2.26. The molecule has 0 fully saturated rings. The SMILES string of the molecule is Cc1ccc(Br)cc1.Nc1ccccc1Nc1ccccc1. The van der Waals surface area contributed by atoms with Crippen molar-refractivity contribution in [3.8, 4) is 0 Å². The summed E-state index contributed by atoms with van der Waals surface area (Å²) in [5.74, 6) is 0. The second kappa shape index (κ2) is 8.25. The molecular weight excluding hydrogens is 336 g/mol. The lowest BCUT2D eigenvalue weighted by Gasteiger charge is -2.08. The first-order chi connectivity index (χ1) is 10.6. The molecule has 3 aromatic rings. The van der Waals surface area contributed by atoms with Crippen molar-refractivity contribution in [2.24, 2.45) is 0 Å². The van der Waals surface area contributed by atoms with Gasteiger partial charge in [0.25, 0.3) is 0 Å². The summed E-state index contributed by atoms with van der Waals surface area (Å²) >= 11 is 3.35. The molecule has 3 heteroatoms. The van der Waals surface area contributed by atoms with Crippen LogP contribution in [0.2, 0.25) is 0 Å². The molecule has 22 heavy (non-hydrogen) atoms. The van der Waals surface area contributed by atoms with Crippen LogP contribution in [0.3, 0.4) is 0 Å². The van der Waals surface area contributed by atoms with Gasteiger partial charge in [0.05, 0.1) is 11.4 Å². The van der Waals surface area contributed by atoms with Crippen molar-refractivity contribution < 1.29 is 0 Å². The summed E-state index contributed by atoms with van der Waals surface area (Å²) in [4.78, 5) is 0. The molecule has 0 radical (unpaired) electrons. The highest BCUT2D eigenvalue weighted by Crippen LogP contribution is 2.21. The first-order valence-corrected chi connectivity index (χ1v) is 7.83. The van der Waals surface area contributed by atoms with Crippen molar-refractivity contribution >= 4 is 33.0 Å². The third kappa shape index (κ3) is 5.26. The summed E-state index contributed by atoms with van der Waals surface area (Å²) in [6.07, 6.45) is 0. The summed E-state index contributed by atoms with van der Waals surface area (Å²) in [5.41, 5.74) is 9.86. The summed E-state index contributed by atoms with van der Waals surface area (Å²) in [7, 11) is 0. The first-order valence-electron chi connectivity index (χ1n) is 7.04. The number of hydrogen-bond donors (Lipinski definition) is 2. The Morgan fingerprint density at radius 3 is 1.95 bits per heavy atom. The van der Waals surface area contributed by atoms with Crippen molar-refractivity contribution in [3.63, 3.8) is 0 Å². The molecule has 0 saturated heterocycles. The number of nitrogens with two attached hydrogens (primary N) is 1. The van der Waals surface area contributed by atoms with Gasteiger partial charge in [0.1, 0.15) is 0 Å². The Kier molecular flexibility index (Phi) is 6.04. The molecule has 0 aliphatic heterocycles. The van der Waals surface area contributed by atoms with Gasteiger partial charge in [-0.1, -0.05) is 64.0 Å². The van der Waals surface area contributed by atoms with Gasteiger partial charge in [-0.25, -0.2) is 0 Å². The molecule has 0 saturated carbocycles. The minimum atomic E-state index is 0.761. The smallest absolute Gasteiger partial charge is 0.0617 e. The lowest BCUT2D eigenvalue weighted by molar-refractivity contribution is 1.46. The fraction of sp³-hybridized carbons (Fsp3) is 0.0526. The normalized spacial score (nSPS) is 9.55. The molecule has 112 valence electrons. The van der Waals surface area contributed by atoms with Crippen LogP contribution >= 0.6 is 15.9 Å². The number of nitrogens with one attached hydrogen (secondary N) is 1. The zero-order chi connectivity index (χ0) is 15.8. The Morgan fingerprint density at radius 2 is 1.36 bits per heavy atom. The van der Waals surface area contributed by atoms with Crippen molar-refractivity contribution in [3.05, 3.63) is 88.9 Å². The number of hydrogen-bond acceptors (Lipinski definition) is 2. The van der Waals surface area contributed by atoms with Gasteiger partial charge in [0.2, 0.25) is 0 Å². The minimum Gasteiger partial charge on any atom is -0.397 e. The van der Waals surface area contributed by atoms with Crippen LogP contribution in [0.15, 0.2) is 83.3 Å². The van der Waals surface area contributed by atoms with Gasteiger partial charge in [0, 0.05) is 10.2 Å². The van der Waals surface area contributed by atoms with E-state index in [0.29, 0.717) is 0 Å². The quantitative estimate of drug-likeness (QED) is 0.573. The highest BCUT2D eigenvalue weighted by Gasteiger charge is 1.96. The van der Waals surface area contributed by atoms with E-state index in [1.54, 1.807) is 0 Å². The average molecular weight is 355 g/mol. The maximum absolute atomic E-state index is 5.81. The molecule has 3 aromatic carbocycles. The Labute approximate surface area is 140 Å². The maximum Gasteiger partial charge on any atom is 0.0617 e. The number of nitrogen functional groups attached to an aromatic ring is 1. The van der Waals surface area contributed by atoms with Crippen LogP contribution < -0.4 is 11.1 Å². The number of benzene rings is 3. The van der Waals surface area contributed by atoms with E-state index in [0.717, 1.165) is 21.5 Å². The molecule has 0 atom stereocenters. The average Bonchev–Trinajstić information content (AvgIpc) is 2.54. The standard InChI is InChI=1S/C12H12N2.C7H7Br/c13-11-8-4-5-9-12(11)14-10-6-2-1-3-7-10;1-6-2-4-7(8)5-3-6/h1-9,14H,13H2;2-5H,1H3. The number of para-hydroxylation sites is 3. The summed E-state index contributed by atoms with van der Waals surface area (Å²) in [5, 5.41) is 3.25. The molecule has 0 heterocycles. The van der Waals surface area contributed by atoms with E-state index in [2.05, 4.69) is 40.3 Å². The largest absolute Gasteiger partial charge is 0.397 e. The zero-order valence-electron chi connectivity index (χ0n) is 12.5. The third-order valence-corrected chi connectivity index (χ3v) is 3.55. The van der Waals surface area contributed by atoms with E-state index in [9.17, 15) is 0 Å². The van der Waals surface area contributed by atoms with Gasteiger partial charge in [-0.15, -0.1) is 0 Å². The fourth-order valence-electron chi connectivity index (χ4n) is 1.82. The van der Waals surface area contributed by atoms with E-state index in [1.165, 1.54) is 5.56 Å². The predicted octanol–water partition coefficient (Wildman–Crippen LogP) is 5.77. The molecular formula is C19H19BrN2. The van der Waals surface area contributed by atoms with Gasteiger partial charge in [-0.05, 0) is 43.3 Å². The number of anilines is 3. The summed E-state index contributed by atoms with van der Waals surface area (Å²) < 4.78 is 1.14. The summed E-state index contributed by atoms with van der Waals surface area (Å²) in [6.45, 7) is 2.08. The van der Waals surface area contributed by atoms with E-state index in [-0.39, 0.29) is 0 Å². The second-order valence-electron chi connectivity index (χ2n) is 4.87. The Balaban J connectivity index is 0.000000188. The molecule has 0 amide bonds. The van der Waals surface area contributed by atoms with Crippen LogP contribution in [-0.2, 0) is 0 Å². The number of rotatable bonds is 2. The summed E-state index contributed by atoms with van der Waals surface area (Å²) in [6, 6.07) is 25.9. The van der Waals surface area contributed by atoms with Crippen molar-refractivity contribution in [2.45, 2.75) is 6.92 Å². The highest BCUT2D eigenvalue weighted by molar-refractivity contribution is 9.10. The van der Waals surface area contributed by atoms with Gasteiger partial charge in [0.15, 0.2) is 0 Å². The fourth-order valence-corrected chi connectivity index (χ4v) is 2.09. The van der Waals surface area contributed by atoms with E-state index in [1.807, 2.05) is 66.7 Å². The Bertz CT molecular complexity index is 673. The number of aryl methyl sites for hydroxylation is 1. The topological polar surface area (TPSA) is 38.0 Å². The van der Waals surface area contributed by atoms with Crippen LogP contribution in [0.1, 0.15) is 5.56 Å². The van der Waals surface area contributed by atoms with E-state index < -0.39 is 0 Å². The second-order valence-corrected chi connectivity index (χ2v) is 5.79. The van der Waals surface area contributed by atoms with E-state index in [4.69, 9.17) is 5.73 Å². The van der Waals surface area contributed by atoms with Crippen molar-refractivity contribution in [1.82, 2.24) is 0 Å². The van der Waals surface area contributed by atoms with Crippen LogP contribution in [0.5, 0.6) is 0 Å². The molecule has 0 spiro atoms.